The summed E-state index contributed by atoms with van der Waals surface area (Å²) in [5.41, 5.74) is 13.7. The molecule has 0 aliphatic carbocycles. The highest BCUT2D eigenvalue weighted by molar-refractivity contribution is 6.30. The highest BCUT2D eigenvalue weighted by atomic mass is 35.5. The van der Waals surface area contributed by atoms with E-state index in [0.717, 1.165) is 44.9 Å². The Morgan fingerprint density at radius 1 is 0.337 bits per heavy atom. The number of hydrogen-bond donors (Lipinski definition) is 0. The number of aryl methyl sites for hydroxylation is 4. The van der Waals surface area contributed by atoms with Gasteiger partial charge >= 0.3 is 12.5 Å². The average molecular weight is 1380 g/mol. The standard InChI is InChI=1S/C13H20O2.C11H13F3.C11H16O2.C11H16O.C11H16.C10H11F3O.C9H11Cl.C9H12/c1-5-14-12-9-7-8-11(10(3)4)13(12)15-6-2;1-7(2)9-4-8(3)5-10(6-9)11(12,13)14;1-8(2)9-6-5-7-10(12-3)11(9)13-4;1-8(2)10-5-9(3)6-11(7-10)12-4;1-8(2)11-6-9(3)5-10(4)7-11;1-7(2)8-3-5-9(6-4-8)14-10(11,12)13;1-7(2)8-4-3-5-9(10)6-8;1-8(2)9-6-4-3-5-7-9/h7-10H,5-6H2,1-4H3;4-7H,1-3H3;5-8H,1-4H3;5-8H,1-4H3;5-8H,1-4H3;3-7H,1-2H3;3-7H,1-2H3;3-8H,1-2H3. The smallest absolute Gasteiger partial charge is 0.497 e. The van der Waals surface area contributed by atoms with Crippen LogP contribution in [0.5, 0.6) is 34.5 Å². The van der Waals surface area contributed by atoms with Gasteiger partial charge in [0.15, 0.2) is 23.0 Å². The van der Waals surface area contributed by atoms with Crippen molar-refractivity contribution < 1.29 is 54.8 Å². The number of benzene rings is 8. The van der Waals surface area contributed by atoms with E-state index in [2.05, 4.69) is 181 Å². The minimum Gasteiger partial charge on any atom is -0.497 e. The van der Waals surface area contributed by atoms with Crippen LogP contribution >= 0.6 is 11.6 Å². The van der Waals surface area contributed by atoms with Crippen LogP contribution < -0.4 is 28.4 Å². The van der Waals surface area contributed by atoms with Crippen LogP contribution in [-0.4, -0.2) is 40.9 Å². The molecule has 0 heterocycles. The lowest BCUT2D eigenvalue weighted by molar-refractivity contribution is -0.274. The first-order valence-corrected chi connectivity index (χ1v) is 34.4. The largest absolute Gasteiger partial charge is 0.573 e. The molecule has 0 unspecified atom stereocenters. The topological polar surface area (TPSA) is 55.4 Å². The Balaban J connectivity index is 0.000000562. The molecule has 13 heteroatoms. The summed E-state index contributed by atoms with van der Waals surface area (Å²) in [5.74, 6) is 7.94. The first-order valence-electron chi connectivity index (χ1n) is 34.0. The fourth-order valence-corrected chi connectivity index (χ4v) is 9.76. The molecule has 98 heavy (non-hydrogen) atoms. The fraction of sp³-hybridized carbons (Fsp3) is 0.435. The Labute approximate surface area is 591 Å². The molecule has 0 amide bonds. The van der Waals surface area contributed by atoms with Crippen LogP contribution in [0.15, 0.2) is 170 Å². The van der Waals surface area contributed by atoms with E-state index in [4.69, 9.17) is 35.3 Å². The first kappa shape index (κ1) is 88.4. The van der Waals surface area contributed by atoms with Gasteiger partial charge in [-0.05, 0) is 188 Å². The van der Waals surface area contributed by atoms with Gasteiger partial charge in [0, 0.05) is 16.1 Å². The number of methoxy groups -OCH3 is 3. The summed E-state index contributed by atoms with van der Waals surface area (Å²) >= 11 is 5.79. The van der Waals surface area contributed by atoms with Gasteiger partial charge in [-0.1, -0.05) is 248 Å². The zero-order valence-electron chi connectivity index (χ0n) is 63.3. The Morgan fingerprint density at radius 2 is 0.745 bits per heavy atom. The van der Waals surface area contributed by atoms with E-state index in [-0.39, 0.29) is 11.7 Å². The first-order chi connectivity index (χ1) is 45.8. The SMILES string of the molecule is CC(C)c1ccc(OC(F)(F)F)cc1.CC(C)c1cccc(Cl)c1.CC(C)c1ccccc1.CCOc1cccc(C(C)C)c1OCC.COc1cc(C)cc(C(C)C)c1.COc1cccc(C(C)C)c1OC.Cc1cc(C(C)C)cc(C(F)(F)F)c1.Cc1cc(C)cc(C(C)C)c1. The summed E-state index contributed by atoms with van der Waals surface area (Å²) in [6, 6.07) is 53.7. The number of ether oxygens (including phenoxy) is 6. The quantitative estimate of drug-likeness (QED) is 0.0899. The van der Waals surface area contributed by atoms with Gasteiger partial charge in [-0.15, -0.1) is 13.2 Å². The highest BCUT2D eigenvalue weighted by Gasteiger charge is 2.32. The van der Waals surface area contributed by atoms with E-state index < -0.39 is 18.1 Å². The molecule has 540 valence electrons. The van der Waals surface area contributed by atoms with Crippen molar-refractivity contribution >= 4 is 11.6 Å². The lowest BCUT2D eigenvalue weighted by Crippen LogP contribution is -2.17. The summed E-state index contributed by atoms with van der Waals surface area (Å²) in [4.78, 5) is 0. The van der Waals surface area contributed by atoms with Crippen LogP contribution in [0.2, 0.25) is 5.02 Å². The molecule has 0 aliphatic heterocycles. The van der Waals surface area contributed by atoms with Crippen LogP contribution in [0.4, 0.5) is 26.3 Å². The zero-order valence-corrected chi connectivity index (χ0v) is 64.0. The number of rotatable bonds is 16. The molecule has 0 bridgehead atoms. The number of halogens is 7. The lowest BCUT2D eigenvalue weighted by Gasteiger charge is -2.16. The third kappa shape index (κ3) is 34.8. The summed E-state index contributed by atoms with van der Waals surface area (Å²) in [6.07, 6.45) is -8.85. The van der Waals surface area contributed by atoms with Crippen molar-refractivity contribution in [3.63, 3.8) is 0 Å². The van der Waals surface area contributed by atoms with Crippen molar-refractivity contribution in [1.29, 1.82) is 0 Å². The average Bonchev–Trinajstić information content (AvgIpc) is 0.848. The molecular weight excluding hydrogens is 1270 g/mol. The Hall–Kier alpha value is -7.57. The molecule has 8 aromatic carbocycles. The summed E-state index contributed by atoms with van der Waals surface area (Å²) < 4.78 is 103. The van der Waals surface area contributed by atoms with Crippen molar-refractivity contribution in [3.05, 3.63) is 247 Å². The van der Waals surface area contributed by atoms with Gasteiger partial charge in [0.1, 0.15) is 11.5 Å². The van der Waals surface area contributed by atoms with Crippen LogP contribution in [0, 0.1) is 27.7 Å². The summed E-state index contributed by atoms with van der Waals surface area (Å²) in [7, 11) is 5.03. The molecule has 0 atom stereocenters. The second kappa shape index (κ2) is 45.2. The second-order valence-electron chi connectivity index (χ2n) is 26.3. The molecule has 8 rings (SSSR count). The molecule has 0 radical (unpaired) electrons. The maximum absolute atomic E-state index is 12.4. The van der Waals surface area contributed by atoms with Gasteiger partial charge in [0.2, 0.25) is 0 Å². The van der Waals surface area contributed by atoms with E-state index in [1.807, 2.05) is 96.1 Å². The van der Waals surface area contributed by atoms with Crippen LogP contribution in [0.3, 0.4) is 0 Å². The van der Waals surface area contributed by atoms with Crippen molar-refractivity contribution in [1.82, 2.24) is 0 Å². The van der Waals surface area contributed by atoms with Gasteiger partial charge in [0.25, 0.3) is 0 Å². The van der Waals surface area contributed by atoms with Gasteiger partial charge in [-0.2, -0.15) is 13.2 Å². The number of hydrogen-bond acceptors (Lipinski definition) is 6. The predicted octanol–water partition coefficient (Wildman–Crippen LogP) is 27.1. The second-order valence-corrected chi connectivity index (χ2v) is 26.7. The zero-order chi connectivity index (χ0) is 74.6. The monoisotopic (exact) mass is 1380 g/mol. The van der Waals surface area contributed by atoms with E-state index >= 15 is 0 Å². The van der Waals surface area contributed by atoms with Gasteiger partial charge in [-0.25, -0.2) is 0 Å². The van der Waals surface area contributed by atoms with E-state index in [1.54, 1.807) is 46.5 Å². The molecule has 0 aliphatic rings. The van der Waals surface area contributed by atoms with Gasteiger partial charge < -0.3 is 28.4 Å². The summed E-state index contributed by atoms with van der Waals surface area (Å²) in [5, 5.41) is 0.825. The fourth-order valence-electron chi connectivity index (χ4n) is 9.56. The Kier molecular flexibility index (Phi) is 40.8. The minimum atomic E-state index is -4.61. The molecule has 8 aromatic rings. The Bertz CT molecular complexity index is 3460. The van der Waals surface area contributed by atoms with E-state index in [0.29, 0.717) is 60.2 Å². The van der Waals surface area contributed by atoms with Crippen LogP contribution in [-0.2, 0) is 6.18 Å². The van der Waals surface area contributed by atoms with E-state index in [9.17, 15) is 26.3 Å². The van der Waals surface area contributed by atoms with Crippen molar-refractivity contribution in [2.45, 2.75) is 212 Å². The maximum Gasteiger partial charge on any atom is 0.573 e. The van der Waals surface area contributed by atoms with Gasteiger partial charge in [-0.3, -0.25) is 0 Å². The molecular formula is C85H115ClF6O6. The maximum atomic E-state index is 12.4. The van der Waals surface area contributed by atoms with Crippen molar-refractivity contribution in [2.24, 2.45) is 0 Å². The number of para-hydroxylation sites is 2. The van der Waals surface area contributed by atoms with Crippen molar-refractivity contribution in [3.8, 4) is 34.5 Å². The number of alkyl halides is 6. The van der Waals surface area contributed by atoms with Crippen LogP contribution in [0.1, 0.15) is 244 Å². The van der Waals surface area contributed by atoms with Gasteiger partial charge in [0.05, 0.1) is 40.1 Å². The lowest BCUT2D eigenvalue weighted by atomic mass is 9.98. The normalized spacial score (nSPS) is 10.9. The molecule has 0 aromatic heterocycles. The highest BCUT2D eigenvalue weighted by Crippen LogP contribution is 2.37. The molecule has 0 saturated heterocycles. The Morgan fingerprint density at radius 3 is 1.13 bits per heavy atom. The van der Waals surface area contributed by atoms with Crippen LogP contribution in [0.25, 0.3) is 0 Å². The molecule has 0 N–H and O–H groups in total. The third-order valence-electron chi connectivity index (χ3n) is 15.0. The minimum absolute atomic E-state index is 0.121. The molecule has 0 fully saturated rings. The predicted molar refractivity (Wildman–Crippen MR) is 402 cm³/mol. The molecule has 6 nitrogen and oxygen atoms in total. The summed E-state index contributed by atoms with van der Waals surface area (Å²) in [6.45, 7) is 47.3. The third-order valence-corrected chi connectivity index (χ3v) is 15.3. The molecule has 0 saturated carbocycles. The van der Waals surface area contributed by atoms with E-state index in [1.165, 1.54) is 74.3 Å². The van der Waals surface area contributed by atoms with Crippen molar-refractivity contribution in [2.75, 3.05) is 34.5 Å². The molecule has 0 spiro atoms.